The molecular weight excluding hydrogens is 479 g/mol. The maximum atomic E-state index is 11.6. The number of morpholine rings is 1. The van der Waals surface area contributed by atoms with Gasteiger partial charge in [0.15, 0.2) is 0 Å². The molecule has 192 valence electrons. The number of carboxylic acids is 1. The summed E-state index contributed by atoms with van der Waals surface area (Å²) in [5.41, 5.74) is 1.30. The highest BCUT2D eigenvalue weighted by atomic mass is 32.2. The lowest BCUT2D eigenvalue weighted by molar-refractivity contribution is -0.192. The fraction of sp³-hybridized carbons (Fsp3) is 0.619. The number of ether oxygens (including phenoxy) is 1. The smallest absolute Gasteiger partial charge is 0.475 e. The number of hydrogen-bond donors (Lipinski definition) is 3. The molecule has 2 unspecified atom stereocenters. The lowest BCUT2D eigenvalue weighted by Crippen LogP contribution is -2.63. The second kappa shape index (κ2) is 11.4. The van der Waals surface area contributed by atoms with Gasteiger partial charge in [0.05, 0.1) is 18.9 Å². The summed E-state index contributed by atoms with van der Waals surface area (Å²) in [6, 6.07) is 7.53. The van der Waals surface area contributed by atoms with Crippen LogP contribution in [0.2, 0.25) is 0 Å². The molecule has 1 saturated carbocycles. The predicted molar refractivity (Wildman–Crippen MR) is 119 cm³/mol. The van der Waals surface area contributed by atoms with E-state index in [1.54, 1.807) is 13.0 Å². The molecule has 1 aliphatic carbocycles. The number of nitrogens with zero attached hydrogens (tertiary/aromatic N) is 1. The van der Waals surface area contributed by atoms with Crippen LogP contribution < -0.4 is 10.0 Å². The minimum Gasteiger partial charge on any atom is -0.475 e. The Hall–Kier alpha value is -2.38. The predicted octanol–water partition coefficient (Wildman–Crippen LogP) is 2.34. The molecule has 0 bridgehead atoms. The van der Waals surface area contributed by atoms with Crippen molar-refractivity contribution in [1.82, 2.24) is 10.2 Å². The quantitative estimate of drug-likeness (QED) is 0.556. The molecule has 2 fully saturated rings. The third kappa shape index (κ3) is 8.76. The summed E-state index contributed by atoms with van der Waals surface area (Å²) >= 11 is 0. The SMILES string of the molecule is CC(=O)NC1CCCCC12CN(Cc1cccc(NS(C)(=O)=O)c1)CCO2.O=C(O)C(F)(F)F. The Morgan fingerprint density at radius 1 is 1.29 bits per heavy atom. The number of carboxylic acid groups (broad SMARTS) is 1. The summed E-state index contributed by atoms with van der Waals surface area (Å²) in [7, 11) is -3.29. The van der Waals surface area contributed by atoms with E-state index in [1.165, 1.54) is 0 Å². The van der Waals surface area contributed by atoms with Crippen LogP contribution in [0.4, 0.5) is 18.9 Å². The molecule has 13 heteroatoms. The number of hydrogen-bond acceptors (Lipinski definition) is 6. The first-order chi connectivity index (χ1) is 15.7. The van der Waals surface area contributed by atoms with Crippen LogP contribution in [-0.4, -0.2) is 74.1 Å². The van der Waals surface area contributed by atoms with Crippen molar-refractivity contribution in [1.29, 1.82) is 0 Å². The van der Waals surface area contributed by atoms with Crippen molar-refractivity contribution >= 4 is 27.6 Å². The average Bonchev–Trinajstić information content (AvgIpc) is 2.68. The molecule has 9 nitrogen and oxygen atoms in total. The molecule has 1 spiro atoms. The Morgan fingerprint density at radius 2 is 1.97 bits per heavy atom. The van der Waals surface area contributed by atoms with Crippen molar-refractivity contribution in [3.8, 4) is 0 Å². The number of anilines is 1. The van der Waals surface area contributed by atoms with Crippen molar-refractivity contribution in [2.45, 2.75) is 57.0 Å². The van der Waals surface area contributed by atoms with Gasteiger partial charge in [-0.2, -0.15) is 13.2 Å². The number of benzene rings is 1. The van der Waals surface area contributed by atoms with Gasteiger partial charge in [-0.05, 0) is 30.5 Å². The molecule has 0 radical (unpaired) electrons. The van der Waals surface area contributed by atoms with Crippen LogP contribution in [0, 0.1) is 0 Å². The molecule has 0 aromatic heterocycles. The number of rotatable bonds is 5. The zero-order valence-electron chi connectivity index (χ0n) is 19.0. The first-order valence-corrected chi connectivity index (χ1v) is 12.6. The molecule has 1 aliphatic heterocycles. The fourth-order valence-corrected chi connectivity index (χ4v) is 4.80. The Balaban J connectivity index is 0.000000509. The zero-order chi connectivity index (χ0) is 25.6. The Bertz CT molecular complexity index is 969. The molecule has 1 aromatic carbocycles. The van der Waals surface area contributed by atoms with Gasteiger partial charge in [-0.3, -0.25) is 14.4 Å². The number of amides is 1. The molecule has 2 atom stereocenters. The normalized spacial score (nSPS) is 23.5. The van der Waals surface area contributed by atoms with E-state index in [4.69, 9.17) is 14.6 Å². The zero-order valence-corrected chi connectivity index (χ0v) is 19.8. The lowest BCUT2D eigenvalue weighted by atomic mass is 9.78. The minimum atomic E-state index is -5.08. The van der Waals surface area contributed by atoms with Gasteiger partial charge in [-0.1, -0.05) is 25.0 Å². The van der Waals surface area contributed by atoms with E-state index < -0.39 is 22.2 Å². The van der Waals surface area contributed by atoms with Crippen LogP contribution in [0.1, 0.15) is 38.2 Å². The van der Waals surface area contributed by atoms with Gasteiger partial charge < -0.3 is 15.2 Å². The highest BCUT2D eigenvalue weighted by Crippen LogP contribution is 2.35. The fourth-order valence-electron chi connectivity index (χ4n) is 4.24. The van der Waals surface area contributed by atoms with E-state index in [-0.39, 0.29) is 17.6 Å². The molecular formula is C21H30F3N3O6S. The monoisotopic (exact) mass is 509 g/mol. The molecule has 1 heterocycles. The van der Waals surface area contributed by atoms with Crippen molar-refractivity contribution in [3.05, 3.63) is 29.8 Å². The highest BCUT2D eigenvalue weighted by molar-refractivity contribution is 7.92. The Kier molecular flexibility index (Phi) is 9.31. The summed E-state index contributed by atoms with van der Waals surface area (Å²) < 4.78 is 63.4. The van der Waals surface area contributed by atoms with Crippen LogP contribution in [0.15, 0.2) is 24.3 Å². The molecule has 3 N–H and O–H groups in total. The number of carbonyl (C=O) groups is 2. The minimum absolute atomic E-state index is 0.0125. The van der Waals surface area contributed by atoms with Crippen LogP contribution in [0.3, 0.4) is 0 Å². The largest absolute Gasteiger partial charge is 0.490 e. The topological polar surface area (TPSA) is 125 Å². The second-order valence-corrected chi connectivity index (χ2v) is 10.2. The van der Waals surface area contributed by atoms with E-state index in [9.17, 15) is 26.4 Å². The van der Waals surface area contributed by atoms with Crippen molar-refractivity contribution < 1.29 is 41.0 Å². The summed E-state index contributed by atoms with van der Waals surface area (Å²) in [6.45, 7) is 4.50. The van der Waals surface area contributed by atoms with Crippen molar-refractivity contribution in [2.75, 3.05) is 30.7 Å². The Labute approximate surface area is 196 Å². The summed E-state index contributed by atoms with van der Waals surface area (Å²) in [5, 5.41) is 10.2. The maximum Gasteiger partial charge on any atom is 0.490 e. The van der Waals surface area contributed by atoms with E-state index >= 15 is 0 Å². The molecule has 3 rings (SSSR count). The third-order valence-corrected chi connectivity index (χ3v) is 6.13. The van der Waals surface area contributed by atoms with E-state index in [0.29, 0.717) is 12.3 Å². The number of nitrogens with one attached hydrogen (secondary N) is 2. The number of carbonyl (C=O) groups excluding carboxylic acids is 1. The first kappa shape index (κ1) is 27.9. The number of aliphatic carboxylic acids is 1. The summed E-state index contributed by atoms with van der Waals surface area (Å²) in [4.78, 5) is 22.9. The number of sulfonamides is 1. The van der Waals surface area contributed by atoms with Crippen molar-refractivity contribution in [3.63, 3.8) is 0 Å². The van der Waals surface area contributed by atoms with Gasteiger partial charge >= 0.3 is 12.1 Å². The summed E-state index contributed by atoms with van der Waals surface area (Å²) in [5.74, 6) is -2.77. The highest BCUT2D eigenvalue weighted by Gasteiger charge is 2.45. The molecule has 1 saturated heterocycles. The van der Waals surface area contributed by atoms with Crippen molar-refractivity contribution in [2.24, 2.45) is 0 Å². The van der Waals surface area contributed by atoms with Gasteiger partial charge in [0.2, 0.25) is 15.9 Å². The van der Waals surface area contributed by atoms with Gasteiger partial charge in [0.25, 0.3) is 0 Å². The lowest BCUT2D eigenvalue weighted by Gasteiger charge is -2.49. The standard InChI is InChI=1S/C19H29N3O4S.C2HF3O2/c1-15(23)20-18-8-3-4-9-19(18)14-22(10-11-26-19)13-16-6-5-7-17(12-16)21-27(2,24)25;3-2(4,5)1(6)7/h5-7,12,18,21H,3-4,8-11,13-14H2,1-2H3,(H,20,23);(H,6,7). The molecule has 1 amide bonds. The Morgan fingerprint density at radius 3 is 2.56 bits per heavy atom. The van der Waals surface area contributed by atoms with E-state index in [2.05, 4.69) is 14.9 Å². The van der Waals surface area contributed by atoms with Gasteiger partial charge in [0.1, 0.15) is 5.60 Å². The first-order valence-electron chi connectivity index (χ1n) is 10.7. The van der Waals surface area contributed by atoms with Gasteiger partial charge in [-0.15, -0.1) is 0 Å². The molecule has 34 heavy (non-hydrogen) atoms. The summed E-state index contributed by atoms with van der Waals surface area (Å²) in [6.07, 6.45) is 0.175. The molecule has 2 aliphatic rings. The molecule has 1 aromatic rings. The third-order valence-electron chi connectivity index (χ3n) is 5.52. The second-order valence-electron chi connectivity index (χ2n) is 8.50. The van der Waals surface area contributed by atoms with Crippen LogP contribution in [-0.2, 0) is 30.9 Å². The van der Waals surface area contributed by atoms with Crippen LogP contribution in [0.5, 0.6) is 0 Å². The van der Waals surface area contributed by atoms with Gasteiger partial charge in [-0.25, -0.2) is 13.2 Å². The van der Waals surface area contributed by atoms with E-state index in [0.717, 1.165) is 57.1 Å². The number of halogens is 3. The van der Waals surface area contributed by atoms with Crippen LogP contribution >= 0.6 is 0 Å². The maximum absolute atomic E-state index is 11.6. The number of alkyl halides is 3. The van der Waals surface area contributed by atoms with Crippen LogP contribution in [0.25, 0.3) is 0 Å². The van der Waals surface area contributed by atoms with E-state index in [1.807, 2.05) is 18.2 Å². The van der Waals surface area contributed by atoms with Gasteiger partial charge in [0, 0.05) is 32.2 Å². The average molecular weight is 510 g/mol.